The number of hydrogen-bond acceptors (Lipinski definition) is 6. The van der Waals surface area contributed by atoms with Crippen LogP contribution < -0.4 is 20.1 Å². The summed E-state index contributed by atoms with van der Waals surface area (Å²) in [5, 5.41) is 17.4. The zero-order valence-electron chi connectivity index (χ0n) is 18.0. The van der Waals surface area contributed by atoms with Crippen molar-refractivity contribution in [1.29, 1.82) is 0 Å². The van der Waals surface area contributed by atoms with Gasteiger partial charge in [-0.1, -0.05) is 52.9 Å². The summed E-state index contributed by atoms with van der Waals surface area (Å²) in [6.45, 7) is 4.43. The van der Waals surface area contributed by atoms with Crippen LogP contribution in [0.5, 0.6) is 11.5 Å². The summed E-state index contributed by atoms with van der Waals surface area (Å²) < 4.78 is 17.1. The summed E-state index contributed by atoms with van der Waals surface area (Å²) in [6, 6.07) is 13.4. The number of ether oxygens (including phenoxy) is 3. The largest absolute Gasteiger partial charge is 0.485 e. The zero-order chi connectivity index (χ0) is 22.4. The molecule has 3 rings (SSSR count). The Morgan fingerprint density at radius 3 is 2.68 bits per heavy atom. The van der Waals surface area contributed by atoms with Gasteiger partial charge in [-0.15, -0.1) is 0 Å². The number of halogens is 1. The van der Waals surface area contributed by atoms with Gasteiger partial charge in [-0.3, -0.25) is 4.79 Å². The van der Waals surface area contributed by atoms with Gasteiger partial charge in [0, 0.05) is 18.7 Å². The van der Waals surface area contributed by atoms with Crippen LogP contribution in [-0.2, 0) is 16.0 Å². The van der Waals surface area contributed by atoms with Crippen LogP contribution in [0, 0.1) is 0 Å². The molecule has 0 aromatic heterocycles. The van der Waals surface area contributed by atoms with Crippen LogP contribution in [-0.4, -0.2) is 47.6 Å². The number of anilines is 1. The molecule has 7 nitrogen and oxygen atoms in total. The lowest BCUT2D eigenvalue weighted by Gasteiger charge is -2.42. The monoisotopic (exact) mass is 540 g/mol. The number of nitrogens with one attached hydrogen (secondary N) is 2. The van der Waals surface area contributed by atoms with Crippen molar-refractivity contribution in [3.8, 4) is 11.5 Å². The minimum absolute atomic E-state index is 0.0384. The van der Waals surface area contributed by atoms with Crippen molar-refractivity contribution in [2.45, 2.75) is 38.0 Å². The van der Waals surface area contributed by atoms with E-state index in [0.717, 1.165) is 12.0 Å². The molecule has 0 bridgehead atoms. The fraction of sp³-hybridized carbons (Fsp3) is 0.435. The van der Waals surface area contributed by atoms with Gasteiger partial charge in [-0.2, -0.15) is 0 Å². The molecular weight excluding hydrogens is 511 g/mol. The van der Waals surface area contributed by atoms with E-state index in [0.29, 0.717) is 28.2 Å². The number of rotatable bonds is 9. The van der Waals surface area contributed by atoms with Gasteiger partial charge in [-0.25, -0.2) is 0 Å². The fourth-order valence-electron chi connectivity index (χ4n) is 3.59. The first-order chi connectivity index (χ1) is 14.9. The van der Waals surface area contributed by atoms with Gasteiger partial charge in [0.1, 0.15) is 23.2 Å². The van der Waals surface area contributed by atoms with E-state index in [1.54, 1.807) is 6.07 Å². The number of alkyl halides is 1. The molecule has 1 aliphatic heterocycles. The first-order valence-electron chi connectivity index (χ1n) is 10.2. The third kappa shape index (κ3) is 5.88. The van der Waals surface area contributed by atoms with E-state index in [4.69, 9.17) is 14.2 Å². The van der Waals surface area contributed by atoms with Crippen molar-refractivity contribution in [2.75, 3.05) is 30.2 Å². The molecule has 0 fully saturated rings. The normalized spacial score (nSPS) is 19.3. The number of carbonyl (C=O) groups excluding carboxylic acids is 1. The van der Waals surface area contributed by atoms with Crippen molar-refractivity contribution < 1.29 is 24.1 Å². The summed E-state index contributed by atoms with van der Waals surface area (Å²) in [7, 11) is 1.53. The standard InChI is InChI=1S/C23H29IN2O5/c1-23(2)22(28)21(25-10-9-15-7-5-4-6-8-15)16-11-17(26-20(27)13-24)19(30-14-29-3)12-18(16)31-23/h4-8,11-12,21-22,25,28H,9-10,13-14H2,1-3H3,(H,26,27). The molecule has 168 valence electrons. The molecule has 0 spiro atoms. The van der Waals surface area contributed by atoms with E-state index < -0.39 is 11.7 Å². The second kappa shape index (κ2) is 10.6. The Morgan fingerprint density at radius 1 is 1.26 bits per heavy atom. The molecule has 3 N–H and O–H groups in total. The van der Waals surface area contributed by atoms with Gasteiger partial charge in [-0.05, 0) is 38.4 Å². The Balaban J connectivity index is 1.90. The van der Waals surface area contributed by atoms with E-state index in [9.17, 15) is 9.90 Å². The molecule has 1 amide bonds. The van der Waals surface area contributed by atoms with E-state index in [2.05, 4.69) is 22.8 Å². The number of fused-ring (bicyclic) bond motifs is 1. The highest BCUT2D eigenvalue weighted by atomic mass is 127. The maximum absolute atomic E-state index is 12.1. The Bertz CT molecular complexity index is 891. The molecule has 0 aliphatic carbocycles. The summed E-state index contributed by atoms with van der Waals surface area (Å²) >= 11 is 2.00. The van der Waals surface area contributed by atoms with Gasteiger partial charge < -0.3 is 30.0 Å². The van der Waals surface area contributed by atoms with Crippen LogP contribution in [0.1, 0.15) is 31.0 Å². The van der Waals surface area contributed by atoms with Crippen molar-refractivity contribution in [3.05, 3.63) is 53.6 Å². The summed E-state index contributed by atoms with van der Waals surface area (Å²) in [5.74, 6) is 0.911. The molecule has 2 unspecified atom stereocenters. The Morgan fingerprint density at radius 2 is 2.00 bits per heavy atom. The average molecular weight is 540 g/mol. The SMILES string of the molecule is COCOc1cc2c(cc1NC(=O)CI)C(NCCc1ccccc1)C(O)C(C)(C)O2. The number of hydrogen-bond donors (Lipinski definition) is 3. The summed E-state index contributed by atoms with van der Waals surface area (Å²) in [4.78, 5) is 12.1. The van der Waals surface area contributed by atoms with Crippen LogP contribution in [0.3, 0.4) is 0 Å². The van der Waals surface area contributed by atoms with Gasteiger partial charge in [0.05, 0.1) is 16.2 Å². The first kappa shape index (κ1) is 23.8. The number of carbonyl (C=O) groups is 1. The highest BCUT2D eigenvalue weighted by molar-refractivity contribution is 14.1. The van der Waals surface area contributed by atoms with E-state index in [1.807, 2.05) is 60.7 Å². The number of methoxy groups -OCH3 is 1. The van der Waals surface area contributed by atoms with Crippen LogP contribution >= 0.6 is 22.6 Å². The molecule has 1 heterocycles. The second-order valence-electron chi connectivity index (χ2n) is 7.94. The van der Waals surface area contributed by atoms with E-state index in [-0.39, 0.29) is 18.7 Å². The lowest BCUT2D eigenvalue weighted by molar-refractivity contribution is -0.113. The molecule has 31 heavy (non-hydrogen) atoms. The fourth-order valence-corrected chi connectivity index (χ4v) is 3.78. The molecule has 2 aromatic rings. The van der Waals surface area contributed by atoms with Crippen LogP contribution in [0.15, 0.2) is 42.5 Å². The molecular formula is C23H29IN2O5. The van der Waals surface area contributed by atoms with Crippen molar-refractivity contribution in [2.24, 2.45) is 0 Å². The Kier molecular flexibility index (Phi) is 8.15. The van der Waals surface area contributed by atoms with Crippen molar-refractivity contribution in [1.82, 2.24) is 5.32 Å². The molecule has 1 aliphatic rings. The van der Waals surface area contributed by atoms with Gasteiger partial charge in [0.15, 0.2) is 6.79 Å². The van der Waals surface area contributed by atoms with Crippen LogP contribution in [0.4, 0.5) is 5.69 Å². The predicted octanol–water partition coefficient (Wildman–Crippen LogP) is 3.45. The second-order valence-corrected chi connectivity index (χ2v) is 8.70. The predicted molar refractivity (Wildman–Crippen MR) is 128 cm³/mol. The van der Waals surface area contributed by atoms with Gasteiger partial charge in [0.25, 0.3) is 0 Å². The smallest absolute Gasteiger partial charge is 0.234 e. The number of amides is 1. The Labute approximate surface area is 196 Å². The minimum Gasteiger partial charge on any atom is -0.485 e. The summed E-state index contributed by atoms with van der Waals surface area (Å²) in [6.07, 6.45) is 0.0448. The maximum Gasteiger partial charge on any atom is 0.234 e. The van der Waals surface area contributed by atoms with Crippen LogP contribution in [0.25, 0.3) is 0 Å². The number of aliphatic hydroxyl groups excluding tert-OH is 1. The highest BCUT2D eigenvalue weighted by Crippen LogP contribution is 2.44. The number of aliphatic hydroxyl groups is 1. The van der Waals surface area contributed by atoms with Crippen molar-refractivity contribution in [3.63, 3.8) is 0 Å². The molecule has 0 radical (unpaired) electrons. The van der Waals surface area contributed by atoms with Crippen LogP contribution in [0.2, 0.25) is 0 Å². The maximum atomic E-state index is 12.1. The third-order valence-electron chi connectivity index (χ3n) is 5.20. The molecule has 2 aromatic carbocycles. The van der Waals surface area contributed by atoms with E-state index in [1.165, 1.54) is 12.7 Å². The van der Waals surface area contributed by atoms with Gasteiger partial charge in [0.2, 0.25) is 5.91 Å². The molecule has 0 saturated heterocycles. The molecule has 0 saturated carbocycles. The number of benzene rings is 2. The Hall–Kier alpha value is -1.88. The quantitative estimate of drug-likeness (QED) is 0.257. The summed E-state index contributed by atoms with van der Waals surface area (Å²) in [5.41, 5.74) is 1.70. The lowest BCUT2D eigenvalue weighted by Crippen LogP contribution is -2.52. The highest BCUT2D eigenvalue weighted by Gasteiger charge is 2.43. The molecule has 2 atom stereocenters. The lowest BCUT2D eigenvalue weighted by atomic mass is 9.86. The topological polar surface area (TPSA) is 89.1 Å². The van der Waals surface area contributed by atoms with Gasteiger partial charge >= 0.3 is 0 Å². The zero-order valence-corrected chi connectivity index (χ0v) is 20.1. The van der Waals surface area contributed by atoms with Crippen molar-refractivity contribution >= 4 is 34.2 Å². The third-order valence-corrected chi connectivity index (χ3v) is 5.89. The minimum atomic E-state index is -0.803. The average Bonchev–Trinajstić information content (AvgIpc) is 2.76. The first-order valence-corrected chi connectivity index (χ1v) is 11.7. The van der Waals surface area contributed by atoms with E-state index >= 15 is 0 Å². The molecule has 8 heteroatoms.